The Morgan fingerprint density at radius 1 is 1.21 bits per heavy atom. The maximum atomic E-state index is 10.7. The molecule has 0 bridgehead atoms. The van der Waals surface area contributed by atoms with E-state index in [-0.39, 0.29) is 0 Å². The van der Waals surface area contributed by atoms with Gasteiger partial charge in [-0.1, -0.05) is 12.1 Å². The zero-order valence-electron chi connectivity index (χ0n) is 8.24. The molecule has 0 saturated heterocycles. The Labute approximate surface area is 82.6 Å². The summed E-state index contributed by atoms with van der Waals surface area (Å²) in [5.74, 6) is 0. The van der Waals surface area contributed by atoms with E-state index in [0.717, 1.165) is 28.3 Å². The van der Waals surface area contributed by atoms with E-state index >= 15 is 0 Å². The van der Waals surface area contributed by atoms with Crippen molar-refractivity contribution < 1.29 is 4.79 Å². The number of carbonyl (C=O) groups excluding carboxylic acids is 1. The van der Waals surface area contributed by atoms with Crippen LogP contribution in [-0.2, 0) is 0 Å². The molecule has 0 spiro atoms. The molecule has 2 heteroatoms. The van der Waals surface area contributed by atoms with Crippen LogP contribution in [0, 0.1) is 13.8 Å². The number of pyridine rings is 1. The Morgan fingerprint density at radius 3 is 2.71 bits per heavy atom. The summed E-state index contributed by atoms with van der Waals surface area (Å²) in [6.07, 6.45) is 0.803. The number of fused-ring (bicyclic) bond motifs is 1. The topological polar surface area (TPSA) is 30.0 Å². The summed E-state index contributed by atoms with van der Waals surface area (Å²) in [6.45, 7) is 3.91. The van der Waals surface area contributed by atoms with Gasteiger partial charge in [0.25, 0.3) is 0 Å². The lowest BCUT2D eigenvalue weighted by Gasteiger charge is -2.02. The third-order valence-electron chi connectivity index (χ3n) is 2.31. The molecular weight excluding hydrogens is 174 g/mol. The third kappa shape index (κ3) is 1.39. The molecule has 0 saturated carbocycles. The zero-order chi connectivity index (χ0) is 10.1. The van der Waals surface area contributed by atoms with Gasteiger partial charge in [0, 0.05) is 5.39 Å². The van der Waals surface area contributed by atoms with E-state index in [1.807, 2.05) is 38.1 Å². The first-order valence-electron chi connectivity index (χ1n) is 4.54. The number of benzene rings is 1. The first-order valence-corrected chi connectivity index (χ1v) is 4.54. The number of hydrogen-bond donors (Lipinski definition) is 0. The van der Waals surface area contributed by atoms with E-state index in [4.69, 9.17) is 0 Å². The molecule has 1 heterocycles. The van der Waals surface area contributed by atoms with Crippen LogP contribution in [0.25, 0.3) is 10.9 Å². The number of nitrogens with zero attached hydrogens (tertiary/aromatic N) is 1. The number of aldehydes is 1. The summed E-state index contributed by atoms with van der Waals surface area (Å²) < 4.78 is 0. The van der Waals surface area contributed by atoms with Gasteiger partial charge in [0.15, 0.2) is 6.29 Å². The van der Waals surface area contributed by atoms with Crippen LogP contribution in [0.3, 0.4) is 0 Å². The summed E-state index contributed by atoms with van der Waals surface area (Å²) >= 11 is 0. The van der Waals surface area contributed by atoms with E-state index < -0.39 is 0 Å². The standard InChI is InChI=1S/C12H11NO/c1-8-3-4-10-6-9(2)12(7-14)13-11(10)5-8/h3-7H,1-2H3. The van der Waals surface area contributed by atoms with Gasteiger partial charge < -0.3 is 0 Å². The van der Waals surface area contributed by atoms with Crippen LogP contribution in [-0.4, -0.2) is 11.3 Å². The second-order valence-electron chi connectivity index (χ2n) is 3.50. The van der Waals surface area contributed by atoms with Crippen LogP contribution in [0.15, 0.2) is 24.3 Å². The molecule has 1 aromatic heterocycles. The second kappa shape index (κ2) is 3.22. The van der Waals surface area contributed by atoms with Crippen LogP contribution >= 0.6 is 0 Å². The predicted octanol–water partition coefficient (Wildman–Crippen LogP) is 2.66. The highest BCUT2D eigenvalue weighted by Gasteiger charge is 2.01. The summed E-state index contributed by atoms with van der Waals surface area (Å²) in [5.41, 5.74) is 3.50. The van der Waals surface area contributed by atoms with Crippen LogP contribution < -0.4 is 0 Å². The van der Waals surface area contributed by atoms with Gasteiger partial charge >= 0.3 is 0 Å². The fraction of sp³-hybridized carbons (Fsp3) is 0.167. The summed E-state index contributed by atoms with van der Waals surface area (Å²) in [7, 11) is 0. The number of aromatic nitrogens is 1. The molecule has 0 fully saturated rings. The minimum atomic E-state index is 0.531. The van der Waals surface area contributed by atoms with Crippen molar-refractivity contribution in [2.24, 2.45) is 0 Å². The average Bonchev–Trinajstić information content (AvgIpc) is 2.17. The Hall–Kier alpha value is -1.70. The third-order valence-corrected chi connectivity index (χ3v) is 2.31. The average molecular weight is 185 g/mol. The molecule has 2 rings (SSSR count). The normalized spacial score (nSPS) is 10.4. The van der Waals surface area contributed by atoms with Crippen molar-refractivity contribution in [1.29, 1.82) is 0 Å². The maximum absolute atomic E-state index is 10.7. The van der Waals surface area contributed by atoms with E-state index in [1.54, 1.807) is 0 Å². The number of aryl methyl sites for hydroxylation is 2. The first-order chi connectivity index (χ1) is 6.70. The quantitative estimate of drug-likeness (QED) is 0.639. The second-order valence-corrected chi connectivity index (χ2v) is 3.50. The molecule has 2 aromatic rings. The highest BCUT2D eigenvalue weighted by Crippen LogP contribution is 2.16. The van der Waals surface area contributed by atoms with Crippen LogP contribution in [0.1, 0.15) is 21.6 Å². The van der Waals surface area contributed by atoms with E-state index in [9.17, 15) is 4.79 Å². The van der Waals surface area contributed by atoms with Gasteiger partial charge in [0.2, 0.25) is 0 Å². The fourth-order valence-electron chi connectivity index (χ4n) is 1.52. The largest absolute Gasteiger partial charge is 0.296 e. The van der Waals surface area contributed by atoms with Crippen LogP contribution in [0.4, 0.5) is 0 Å². The van der Waals surface area contributed by atoms with Crippen molar-refractivity contribution in [2.75, 3.05) is 0 Å². The van der Waals surface area contributed by atoms with E-state index in [1.165, 1.54) is 0 Å². The van der Waals surface area contributed by atoms with Gasteiger partial charge in [0.1, 0.15) is 5.69 Å². The number of rotatable bonds is 1. The highest BCUT2D eigenvalue weighted by molar-refractivity contribution is 5.85. The van der Waals surface area contributed by atoms with Gasteiger partial charge in [-0.2, -0.15) is 0 Å². The maximum Gasteiger partial charge on any atom is 0.168 e. The zero-order valence-corrected chi connectivity index (χ0v) is 8.24. The van der Waals surface area contributed by atoms with Gasteiger partial charge in [-0.15, -0.1) is 0 Å². The highest BCUT2D eigenvalue weighted by atomic mass is 16.1. The molecule has 0 aliphatic rings. The van der Waals surface area contributed by atoms with Crippen molar-refractivity contribution in [3.8, 4) is 0 Å². The molecule has 0 aliphatic heterocycles. The van der Waals surface area contributed by atoms with Crippen molar-refractivity contribution >= 4 is 17.2 Å². The van der Waals surface area contributed by atoms with Crippen molar-refractivity contribution in [2.45, 2.75) is 13.8 Å². The summed E-state index contributed by atoms with van der Waals surface area (Å²) in [5, 5.41) is 1.08. The molecule has 0 radical (unpaired) electrons. The summed E-state index contributed by atoms with van der Waals surface area (Å²) in [6, 6.07) is 8.05. The number of hydrogen-bond acceptors (Lipinski definition) is 2. The molecule has 0 unspecified atom stereocenters. The molecule has 0 N–H and O–H groups in total. The molecule has 14 heavy (non-hydrogen) atoms. The van der Waals surface area contributed by atoms with Gasteiger partial charge in [-0.25, -0.2) is 4.98 Å². The van der Waals surface area contributed by atoms with Crippen molar-refractivity contribution in [3.63, 3.8) is 0 Å². The molecule has 70 valence electrons. The SMILES string of the molecule is Cc1ccc2cc(C)c(C=O)nc2c1. The lowest BCUT2D eigenvalue weighted by Crippen LogP contribution is -1.92. The molecule has 0 aliphatic carbocycles. The van der Waals surface area contributed by atoms with Gasteiger partial charge in [-0.05, 0) is 37.1 Å². The van der Waals surface area contributed by atoms with Crippen molar-refractivity contribution in [1.82, 2.24) is 4.98 Å². The minimum absolute atomic E-state index is 0.531. The molecular formula is C12H11NO. The summed E-state index contributed by atoms with van der Waals surface area (Å²) in [4.78, 5) is 15.0. The molecule has 0 atom stereocenters. The molecule has 2 nitrogen and oxygen atoms in total. The van der Waals surface area contributed by atoms with Crippen LogP contribution in [0.2, 0.25) is 0 Å². The Bertz CT molecular complexity index is 503. The van der Waals surface area contributed by atoms with E-state index in [0.29, 0.717) is 5.69 Å². The fourth-order valence-corrected chi connectivity index (χ4v) is 1.52. The first kappa shape index (κ1) is 8.88. The van der Waals surface area contributed by atoms with Gasteiger partial charge in [0.05, 0.1) is 5.52 Å². The number of carbonyl (C=O) groups is 1. The monoisotopic (exact) mass is 185 g/mol. The molecule has 0 amide bonds. The Balaban J connectivity index is 2.79. The Kier molecular flexibility index (Phi) is 2.04. The smallest absolute Gasteiger partial charge is 0.168 e. The van der Waals surface area contributed by atoms with Crippen molar-refractivity contribution in [3.05, 3.63) is 41.1 Å². The lowest BCUT2D eigenvalue weighted by atomic mass is 10.1. The van der Waals surface area contributed by atoms with E-state index in [2.05, 4.69) is 4.98 Å². The Morgan fingerprint density at radius 2 is 2.00 bits per heavy atom. The van der Waals surface area contributed by atoms with Gasteiger partial charge in [-0.3, -0.25) is 4.79 Å². The minimum Gasteiger partial charge on any atom is -0.296 e. The van der Waals surface area contributed by atoms with Crippen LogP contribution in [0.5, 0.6) is 0 Å². The lowest BCUT2D eigenvalue weighted by molar-refractivity contribution is 0.111. The predicted molar refractivity (Wildman–Crippen MR) is 56.6 cm³/mol. The molecule has 1 aromatic carbocycles.